The molecule has 0 saturated carbocycles. The zero-order valence-corrected chi connectivity index (χ0v) is 29.4. The Bertz CT molecular complexity index is 2400. The molecule has 0 bridgehead atoms. The van der Waals surface area contributed by atoms with E-state index in [9.17, 15) is 19.8 Å². The quantitative estimate of drug-likeness (QED) is 0.108. The molecule has 7 nitrogen and oxygen atoms in total. The Morgan fingerprint density at radius 1 is 0.660 bits per heavy atom. The van der Waals surface area contributed by atoms with E-state index in [0.717, 1.165) is 33.6 Å². The van der Waals surface area contributed by atoms with Crippen molar-refractivity contribution in [2.45, 2.75) is 27.1 Å². The number of phenolic OH excluding ortho intramolecular Hbond substituents is 1. The molecule has 0 saturated heterocycles. The summed E-state index contributed by atoms with van der Waals surface area (Å²) in [5.41, 5.74) is 5.90. The second-order valence-corrected chi connectivity index (χ2v) is 12.5. The highest BCUT2D eigenvalue weighted by Gasteiger charge is 2.15. The standard InChI is InChI=1S/C23H18O4.C23H20O3/c1-15-7-12-19-20(13-15)27-23(22(25)21(19)24)17-8-10-18(11-9-17)26-14-16-5-3-2-4-6-16;1-17-7-13-21(23(25)15-17)22(24)14-10-18-8-11-20(12-9-18)26-16-19-5-3-2-4-6-19/h2-13,25H,14H2,1H3;2-15,25H,16H2,1H3/b;14-10+. The Morgan fingerprint density at radius 2 is 1.21 bits per heavy atom. The SMILES string of the molecule is Cc1ccc(C(=O)/C=C/c2ccc(OCc3ccccc3)cc2)c(O)c1.Cc1ccc2c(=O)c(O)c(-c3ccc(OCc4ccccc4)cc3)oc2c1. The van der Waals surface area contributed by atoms with Crippen molar-refractivity contribution in [2.75, 3.05) is 0 Å². The molecule has 7 aromatic rings. The summed E-state index contributed by atoms with van der Waals surface area (Å²) in [6.45, 7) is 4.77. The van der Waals surface area contributed by atoms with E-state index in [4.69, 9.17) is 13.9 Å². The molecule has 264 valence electrons. The van der Waals surface area contributed by atoms with Gasteiger partial charge in [0, 0.05) is 5.56 Å². The van der Waals surface area contributed by atoms with Crippen LogP contribution in [0.4, 0.5) is 0 Å². The molecule has 0 aliphatic carbocycles. The number of benzene rings is 6. The number of ketones is 1. The van der Waals surface area contributed by atoms with Crippen LogP contribution in [0.15, 0.2) is 161 Å². The van der Waals surface area contributed by atoms with Crippen LogP contribution < -0.4 is 14.9 Å². The monoisotopic (exact) mass is 702 g/mol. The van der Waals surface area contributed by atoms with Gasteiger partial charge in [0.15, 0.2) is 11.5 Å². The van der Waals surface area contributed by atoms with Gasteiger partial charge in [-0.25, -0.2) is 0 Å². The summed E-state index contributed by atoms with van der Waals surface area (Å²) in [6.07, 6.45) is 3.19. The molecule has 53 heavy (non-hydrogen) atoms. The van der Waals surface area contributed by atoms with E-state index in [1.165, 1.54) is 6.08 Å². The maximum atomic E-state index is 12.4. The largest absolute Gasteiger partial charge is 0.507 e. The number of fused-ring (bicyclic) bond motifs is 1. The molecule has 6 aromatic carbocycles. The first-order valence-corrected chi connectivity index (χ1v) is 17.1. The van der Waals surface area contributed by atoms with Crippen molar-refractivity contribution >= 4 is 22.8 Å². The van der Waals surface area contributed by atoms with Crippen molar-refractivity contribution in [3.8, 4) is 34.3 Å². The number of ether oxygens (including phenoxy) is 2. The van der Waals surface area contributed by atoms with Gasteiger partial charge in [-0.15, -0.1) is 0 Å². The molecular weight excluding hydrogens is 664 g/mol. The molecule has 7 heteroatoms. The highest BCUT2D eigenvalue weighted by atomic mass is 16.5. The van der Waals surface area contributed by atoms with Crippen LogP contribution in [0.5, 0.6) is 23.0 Å². The second-order valence-electron chi connectivity index (χ2n) is 12.5. The molecule has 1 heterocycles. The van der Waals surface area contributed by atoms with Gasteiger partial charge in [0.25, 0.3) is 0 Å². The molecule has 0 aliphatic heterocycles. The van der Waals surface area contributed by atoms with E-state index in [1.54, 1.807) is 60.7 Å². The number of carbonyl (C=O) groups is 1. The number of allylic oxidation sites excluding steroid dienone is 1. The Hall–Kier alpha value is -6.86. The first kappa shape index (κ1) is 35.9. The third kappa shape index (κ3) is 9.48. The molecular formula is C46H38O7. The minimum Gasteiger partial charge on any atom is -0.507 e. The van der Waals surface area contributed by atoms with E-state index in [2.05, 4.69) is 0 Å². The van der Waals surface area contributed by atoms with Gasteiger partial charge in [-0.3, -0.25) is 9.59 Å². The number of phenols is 1. The molecule has 0 radical (unpaired) electrons. The maximum absolute atomic E-state index is 12.4. The average Bonchev–Trinajstić information content (AvgIpc) is 3.18. The molecule has 0 fully saturated rings. The molecule has 1 aromatic heterocycles. The fraction of sp³-hybridized carbons (Fsp3) is 0.0870. The zero-order valence-electron chi connectivity index (χ0n) is 29.4. The number of hydrogen-bond acceptors (Lipinski definition) is 7. The third-order valence-corrected chi connectivity index (χ3v) is 8.36. The van der Waals surface area contributed by atoms with Crippen molar-refractivity contribution in [3.05, 3.63) is 195 Å². The number of aromatic hydroxyl groups is 2. The van der Waals surface area contributed by atoms with Crippen molar-refractivity contribution in [1.82, 2.24) is 0 Å². The first-order chi connectivity index (χ1) is 25.7. The van der Waals surface area contributed by atoms with E-state index in [0.29, 0.717) is 41.1 Å². The predicted octanol–water partition coefficient (Wildman–Crippen LogP) is 10.2. The lowest BCUT2D eigenvalue weighted by molar-refractivity contribution is 0.104. The van der Waals surface area contributed by atoms with Crippen LogP contribution in [0.1, 0.15) is 38.2 Å². The Kier molecular flexibility index (Phi) is 11.5. The van der Waals surface area contributed by atoms with Gasteiger partial charge in [-0.05, 0) is 108 Å². The summed E-state index contributed by atoms with van der Waals surface area (Å²) in [7, 11) is 0. The molecule has 0 aliphatic rings. The first-order valence-electron chi connectivity index (χ1n) is 17.1. The van der Waals surface area contributed by atoms with Crippen LogP contribution in [0, 0.1) is 13.8 Å². The highest BCUT2D eigenvalue weighted by Crippen LogP contribution is 2.31. The number of hydrogen-bond donors (Lipinski definition) is 2. The summed E-state index contributed by atoms with van der Waals surface area (Å²) < 4.78 is 17.3. The molecule has 0 amide bonds. The van der Waals surface area contributed by atoms with Gasteiger partial charge in [0.1, 0.15) is 36.0 Å². The number of carbonyl (C=O) groups excluding carboxylic acids is 1. The minimum absolute atomic E-state index is 0.00399. The summed E-state index contributed by atoms with van der Waals surface area (Å²) in [5.74, 6) is 1.02. The van der Waals surface area contributed by atoms with E-state index < -0.39 is 5.43 Å². The summed E-state index contributed by atoms with van der Waals surface area (Å²) in [5, 5.41) is 20.5. The van der Waals surface area contributed by atoms with E-state index >= 15 is 0 Å². The van der Waals surface area contributed by atoms with Crippen molar-refractivity contribution in [3.63, 3.8) is 0 Å². The topological polar surface area (TPSA) is 106 Å². The van der Waals surface area contributed by atoms with Crippen molar-refractivity contribution in [1.29, 1.82) is 0 Å². The lowest BCUT2D eigenvalue weighted by atomic mass is 10.1. The summed E-state index contributed by atoms with van der Waals surface area (Å²) in [6, 6.07) is 44.8. The smallest absolute Gasteiger partial charge is 0.235 e. The Labute approximate surface area is 307 Å². The van der Waals surface area contributed by atoms with Crippen molar-refractivity contribution in [2.24, 2.45) is 0 Å². The maximum Gasteiger partial charge on any atom is 0.235 e. The van der Waals surface area contributed by atoms with Gasteiger partial charge in [-0.1, -0.05) is 91.0 Å². The molecule has 0 spiro atoms. The minimum atomic E-state index is -0.435. The lowest BCUT2D eigenvalue weighted by Gasteiger charge is -2.09. The van der Waals surface area contributed by atoms with Crippen LogP contribution in [0.2, 0.25) is 0 Å². The Morgan fingerprint density at radius 3 is 1.79 bits per heavy atom. The molecule has 2 N–H and O–H groups in total. The van der Waals surface area contributed by atoms with Gasteiger partial charge >= 0.3 is 0 Å². The predicted molar refractivity (Wildman–Crippen MR) is 209 cm³/mol. The third-order valence-electron chi connectivity index (χ3n) is 8.36. The summed E-state index contributed by atoms with van der Waals surface area (Å²) >= 11 is 0. The van der Waals surface area contributed by atoms with Crippen LogP contribution in [-0.2, 0) is 13.2 Å². The van der Waals surface area contributed by atoms with Gasteiger partial charge in [0.2, 0.25) is 11.2 Å². The number of rotatable bonds is 10. The lowest BCUT2D eigenvalue weighted by Crippen LogP contribution is -2.02. The Balaban J connectivity index is 0.000000182. The van der Waals surface area contributed by atoms with Gasteiger partial charge in [-0.2, -0.15) is 0 Å². The molecule has 7 rings (SSSR count). The van der Waals surface area contributed by atoms with Crippen LogP contribution in [0.25, 0.3) is 28.4 Å². The second kappa shape index (κ2) is 16.9. The van der Waals surface area contributed by atoms with Crippen LogP contribution in [0.3, 0.4) is 0 Å². The van der Waals surface area contributed by atoms with E-state index in [1.807, 2.05) is 105 Å². The van der Waals surface area contributed by atoms with Crippen LogP contribution in [-0.4, -0.2) is 16.0 Å². The van der Waals surface area contributed by atoms with E-state index in [-0.39, 0.29) is 23.0 Å². The fourth-order valence-electron chi connectivity index (χ4n) is 5.46. The fourth-order valence-corrected chi connectivity index (χ4v) is 5.46. The zero-order chi connectivity index (χ0) is 37.2. The molecule has 0 atom stereocenters. The van der Waals surface area contributed by atoms with Gasteiger partial charge < -0.3 is 24.1 Å². The highest BCUT2D eigenvalue weighted by molar-refractivity contribution is 6.08. The molecule has 0 unspecified atom stereocenters. The normalized spacial score (nSPS) is 10.8. The van der Waals surface area contributed by atoms with Crippen molar-refractivity contribution < 1.29 is 28.9 Å². The van der Waals surface area contributed by atoms with Gasteiger partial charge in [0.05, 0.1) is 10.9 Å². The summed E-state index contributed by atoms with van der Waals surface area (Å²) in [4.78, 5) is 24.6. The number of aryl methyl sites for hydroxylation is 2. The van der Waals surface area contributed by atoms with Crippen LogP contribution >= 0.6 is 0 Å². The average molecular weight is 703 g/mol.